The zero-order valence-corrected chi connectivity index (χ0v) is 39.5. The molecule has 5 aromatic carbocycles. The van der Waals surface area contributed by atoms with E-state index in [1.54, 1.807) is 44.7 Å². The first-order chi connectivity index (χ1) is 31.6. The van der Waals surface area contributed by atoms with E-state index in [4.69, 9.17) is 21.1 Å². The SMILES string of the molecule is Cc1ccc(C(OC(=O)C[C@H](NC(=O)[C@H](C(C)C)N(C)C(=O)C(C)(C)N(C)C(=O)OCC2c3ccccc3-c3ccccc32)C(=O)N2CCCC2)(c2ccccc2)c2ccccc2Cl)cc1. The number of carbonyl (C=O) groups is 5. The zero-order chi connectivity index (χ0) is 47.3. The van der Waals surface area contributed by atoms with Gasteiger partial charge in [0, 0.05) is 54.8 Å². The number of esters is 1. The highest BCUT2D eigenvalue weighted by Crippen LogP contribution is 2.46. The van der Waals surface area contributed by atoms with E-state index in [1.807, 2.05) is 110 Å². The number of amides is 4. The predicted molar refractivity (Wildman–Crippen MR) is 256 cm³/mol. The summed E-state index contributed by atoms with van der Waals surface area (Å²) in [5.41, 5.74) is 4.11. The molecule has 0 spiro atoms. The van der Waals surface area contributed by atoms with Crippen LogP contribution in [0, 0.1) is 12.8 Å². The van der Waals surface area contributed by atoms with Gasteiger partial charge < -0.3 is 24.6 Å². The number of rotatable bonds is 15. The summed E-state index contributed by atoms with van der Waals surface area (Å²) in [6.45, 7) is 9.77. The number of nitrogens with zero attached hydrogens (tertiary/aromatic N) is 3. The van der Waals surface area contributed by atoms with Crippen LogP contribution in [0.25, 0.3) is 11.1 Å². The minimum Gasteiger partial charge on any atom is -0.448 e. The molecule has 0 aromatic heterocycles. The van der Waals surface area contributed by atoms with Crippen LogP contribution in [-0.4, -0.2) is 95.9 Å². The second kappa shape index (κ2) is 20.0. The number of ether oxygens (including phenoxy) is 2. The molecule has 344 valence electrons. The maximum atomic E-state index is 14.6. The third-order valence-corrected chi connectivity index (χ3v) is 13.5. The normalized spacial score (nSPS) is 15.2. The van der Waals surface area contributed by atoms with Crippen molar-refractivity contribution < 1.29 is 33.4 Å². The van der Waals surface area contributed by atoms with Crippen molar-refractivity contribution in [1.82, 2.24) is 20.0 Å². The van der Waals surface area contributed by atoms with Crippen LogP contribution < -0.4 is 5.32 Å². The Morgan fingerprint density at radius 2 is 1.30 bits per heavy atom. The van der Waals surface area contributed by atoms with Crippen LogP contribution in [0.2, 0.25) is 5.02 Å². The van der Waals surface area contributed by atoms with Gasteiger partial charge in [0.25, 0.3) is 0 Å². The van der Waals surface area contributed by atoms with E-state index in [9.17, 15) is 24.0 Å². The first-order valence-corrected chi connectivity index (χ1v) is 23.0. The smallest absolute Gasteiger partial charge is 0.410 e. The summed E-state index contributed by atoms with van der Waals surface area (Å²) in [6.07, 6.45) is 0.362. The number of hydrogen-bond donors (Lipinski definition) is 1. The maximum absolute atomic E-state index is 14.6. The summed E-state index contributed by atoms with van der Waals surface area (Å²) in [5.74, 6) is -2.97. The van der Waals surface area contributed by atoms with Crippen molar-refractivity contribution in [3.8, 4) is 11.1 Å². The molecule has 1 aliphatic heterocycles. The Labute approximate surface area is 393 Å². The number of carbonyl (C=O) groups excluding carboxylic acids is 5. The van der Waals surface area contributed by atoms with Crippen LogP contribution >= 0.6 is 11.6 Å². The summed E-state index contributed by atoms with van der Waals surface area (Å²) < 4.78 is 12.6. The Kier molecular flexibility index (Phi) is 14.4. The van der Waals surface area contributed by atoms with Crippen molar-refractivity contribution in [2.45, 2.75) is 83.0 Å². The largest absolute Gasteiger partial charge is 0.448 e. The molecule has 1 aliphatic carbocycles. The molecule has 1 N–H and O–H groups in total. The Hall–Kier alpha value is -6.46. The lowest BCUT2D eigenvalue weighted by Crippen LogP contribution is -2.62. The number of aryl methyl sites for hydroxylation is 1. The highest BCUT2D eigenvalue weighted by Gasteiger charge is 2.46. The van der Waals surface area contributed by atoms with Gasteiger partial charge >= 0.3 is 12.1 Å². The third kappa shape index (κ3) is 9.45. The van der Waals surface area contributed by atoms with Crippen LogP contribution in [0.4, 0.5) is 4.79 Å². The van der Waals surface area contributed by atoms with Gasteiger partial charge in [0.15, 0.2) is 5.60 Å². The van der Waals surface area contributed by atoms with E-state index < -0.39 is 65.3 Å². The van der Waals surface area contributed by atoms with Gasteiger partial charge in [0.2, 0.25) is 17.7 Å². The zero-order valence-electron chi connectivity index (χ0n) is 38.8. The minimum absolute atomic E-state index is 0.0685. The number of likely N-dealkylation sites (N-methyl/N-ethyl adjacent to an activating group) is 2. The summed E-state index contributed by atoms with van der Waals surface area (Å²) in [5, 5.41) is 3.25. The molecule has 0 saturated carbocycles. The molecule has 3 atom stereocenters. The van der Waals surface area contributed by atoms with E-state index in [1.165, 1.54) is 23.9 Å². The van der Waals surface area contributed by atoms with Crippen molar-refractivity contribution in [3.05, 3.63) is 166 Å². The molecule has 12 heteroatoms. The molecule has 5 aromatic rings. The van der Waals surface area contributed by atoms with Gasteiger partial charge in [-0.05, 0) is 67.9 Å². The molecule has 0 bridgehead atoms. The molecule has 7 rings (SSSR count). The average molecular weight is 912 g/mol. The molecule has 1 fully saturated rings. The highest BCUT2D eigenvalue weighted by atomic mass is 35.5. The van der Waals surface area contributed by atoms with Crippen molar-refractivity contribution >= 4 is 41.4 Å². The fraction of sp³-hybridized carbons (Fsp3) is 0.352. The van der Waals surface area contributed by atoms with Gasteiger partial charge in [-0.15, -0.1) is 0 Å². The molecule has 1 heterocycles. The van der Waals surface area contributed by atoms with Crippen molar-refractivity contribution in [3.63, 3.8) is 0 Å². The summed E-state index contributed by atoms with van der Waals surface area (Å²) in [4.78, 5) is 76.0. The van der Waals surface area contributed by atoms with Crippen LogP contribution in [0.3, 0.4) is 0 Å². The second-order valence-corrected chi connectivity index (χ2v) is 18.6. The first kappa shape index (κ1) is 47.5. The Bertz CT molecular complexity index is 2530. The maximum Gasteiger partial charge on any atom is 0.410 e. The van der Waals surface area contributed by atoms with Gasteiger partial charge in [-0.1, -0.05) is 152 Å². The minimum atomic E-state index is -1.53. The standard InChI is InChI=1S/C54H59ClN4O7/c1-35(2)48(57(6)51(63)53(4,5)58(7)52(64)65-34-43-41-23-13-11-21-39(41)40-22-12-14-24-42(40)43)49(61)56-46(50(62)59-31-17-18-32-59)33-47(60)66-54(37-19-9-8-10-20-37,38-29-27-36(3)28-30-38)44-25-15-16-26-45(44)55/h8-16,19-30,35,43,46,48H,17-18,31-34H2,1-7H3,(H,56,61)/t46-,48-,54?/m0/s1. The molecule has 1 saturated heterocycles. The van der Waals surface area contributed by atoms with E-state index in [2.05, 4.69) is 17.4 Å². The Morgan fingerprint density at radius 3 is 1.89 bits per heavy atom. The number of benzene rings is 5. The van der Waals surface area contributed by atoms with Crippen LogP contribution in [0.5, 0.6) is 0 Å². The molecule has 1 unspecified atom stereocenters. The topological polar surface area (TPSA) is 126 Å². The first-order valence-electron chi connectivity index (χ1n) is 22.6. The number of hydrogen-bond acceptors (Lipinski definition) is 7. The van der Waals surface area contributed by atoms with Gasteiger partial charge in [0.05, 0.1) is 6.42 Å². The average Bonchev–Trinajstić information content (AvgIpc) is 3.97. The van der Waals surface area contributed by atoms with Gasteiger partial charge in [-0.3, -0.25) is 24.1 Å². The number of likely N-dealkylation sites (tertiary alicyclic amines) is 1. The monoisotopic (exact) mass is 910 g/mol. The quantitative estimate of drug-likeness (QED) is 0.0821. The van der Waals surface area contributed by atoms with Crippen molar-refractivity contribution in [2.75, 3.05) is 33.8 Å². The molecule has 4 amide bonds. The van der Waals surface area contributed by atoms with Gasteiger partial charge in [-0.25, -0.2) is 4.79 Å². The van der Waals surface area contributed by atoms with E-state index in [-0.39, 0.29) is 12.5 Å². The van der Waals surface area contributed by atoms with Crippen LogP contribution in [-0.2, 0) is 34.3 Å². The second-order valence-electron chi connectivity index (χ2n) is 18.2. The number of fused-ring (bicyclic) bond motifs is 3. The van der Waals surface area contributed by atoms with Gasteiger partial charge in [0.1, 0.15) is 24.2 Å². The molecular weight excluding hydrogens is 852 g/mol. The molecular formula is C54H59ClN4O7. The summed E-state index contributed by atoms with van der Waals surface area (Å²) >= 11 is 6.93. The van der Waals surface area contributed by atoms with Crippen LogP contribution in [0.1, 0.15) is 86.3 Å². The van der Waals surface area contributed by atoms with E-state index in [0.29, 0.717) is 34.8 Å². The predicted octanol–water partition coefficient (Wildman–Crippen LogP) is 9.12. The summed E-state index contributed by atoms with van der Waals surface area (Å²) in [6, 6.07) is 37.7. The summed E-state index contributed by atoms with van der Waals surface area (Å²) in [7, 11) is 3.00. The van der Waals surface area contributed by atoms with Crippen LogP contribution in [0.15, 0.2) is 127 Å². The third-order valence-electron chi connectivity index (χ3n) is 13.2. The Balaban J connectivity index is 1.11. The molecule has 2 aliphatic rings. The van der Waals surface area contributed by atoms with Crippen molar-refractivity contribution in [2.24, 2.45) is 5.92 Å². The molecule has 11 nitrogen and oxygen atoms in total. The molecule has 66 heavy (non-hydrogen) atoms. The lowest BCUT2D eigenvalue weighted by molar-refractivity contribution is -0.157. The van der Waals surface area contributed by atoms with Gasteiger partial charge in [-0.2, -0.15) is 0 Å². The molecule has 0 radical (unpaired) electrons. The number of nitrogens with one attached hydrogen (secondary N) is 1. The fourth-order valence-corrected chi connectivity index (χ4v) is 9.67. The lowest BCUT2D eigenvalue weighted by Gasteiger charge is -2.40. The van der Waals surface area contributed by atoms with Crippen molar-refractivity contribution in [1.29, 1.82) is 0 Å². The number of halogens is 1. The highest BCUT2D eigenvalue weighted by molar-refractivity contribution is 6.31. The van der Waals surface area contributed by atoms with E-state index in [0.717, 1.165) is 40.7 Å². The van der Waals surface area contributed by atoms with E-state index >= 15 is 0 Å². The lowest BCUT2D eigenvalue weighted by atomic mass is 9.79. The fourth-order valence-electron chi connectivity index (χ4n) is 9.40. The Morgan fingerprint density at radius 1 is 0.758 bits per heavy atom.